The second kappa shape index (κ2) is 5.79. The maximum Gasteiger partial charge on any atom is 0.345 e. The second-order valence-corrected chi connectivity index (χ2v) is 4.38. The summed E-state index contributed by atoms with van der Waals surface area (Å²) < 4.78 is 6.41. The van der Waals surface area contributed by atoms with Gasteiger partial charge in [-0.1, -0.05) is 11.6 Å². The molecule has 1 heterocycles. The maximum absolute atomic E-state index is 12.3. The van der Waals surface area contributed by atoms with Crippen molar-refractivity contribution in [3.8, 4) is 11.4 Å². The fourth-order valence-electron chi connectivity index (χ4n) is 1.80. The Hall–Kier alpha value is -2.27. The molecule has 0 aliphatic heterocycles. The summed E-state index contributed by atoms with van der Waals surface area (Å²) in [5.41, 5.74) is -0.500. The minimum absolute atomic E-state index is 0.0650. The van der Waals surface area contributed by atoms with Crippen LogP contribution in [0.3, 0.4) is 0 Å². The van der Waals surface area contributed by atoms with Crippen LogP contribution in [0, 0.1) is 0 Å². The van der Waals surface area contributed by atoms with E-state index in [1.165, 1.54) is 16.8 Å². The number of benzene rings is 1. The molecular weight excluding hydrogens is 282 g/mol. The highest BCUT2D eigenvalue weighted by atomic mass is 35.5. The average molecular weight is 294 g/mol. The number of carbonyl (C=O) groups is 1. The number of hydrogen-bond acceptors (Lipinski definition) is 3. The molecule has 0 unspecified atom stereocenters. The van der Waals surface area contributed by atoms with Gasteiger partial charge in [0.2, 0.25) is 0 Å². The highest BCUT2D eigenvalue weighted by Crippen LogP contribution is 2.17. The van der Waals surface area contributed by atoms with Gasteiger partial charge >= 0.3 is 5.97 Å². The van der Waals surface area contributed by atoms with Crippen molar-refractivity contribution in [3.05, 3.63) is 57.5 Å². The zero-order valence-electron chi connectivity index (χ0n) is 10.7. The maximum atomic E-state index is 12.3. The first-order chi connectivity index (χ1) is 9.54. The Kier molecular flexibility index (Phi) is 4.10. The fraction of sp³-hybridized carbons (Fsp3) is 0.143. The molecule has 0 saturated heterocycles. The number of halogens is 1. The molecule has 0 bridgehead atoms. The van der Waals surface area contributed by atoms with Gasteiger partial charge in [-0.3, -0.25) is 9.36 Å². The highest BCUT2D eigenvalue weighted by molar-refractivity contribution is 6.30. The molecule has 1 N–H and O–H groups in total. The Balaban J connectivity index is 2.62. The molecule has 0 fully saturated rings. The third-order valence-electron chi connectivity index (χ3n) is 2.67. The first-order valence-corrected chi connectivity index (χ1v) is 6.30. The molecule has 2 aromatic rings. The van der Waals surface area contributed by atoms with Gasteiger partial charge in [-0.05, 0) is 37.3 Å². The van der Waals surface area contributed by atoms with E-state index in [2.05, 4.69) is 0 Å². The number of carboxylic acid groups (broad SMARTS) is 1. The lowest BCUT2D eigenvalue weighted by atomic mass is 10.2. The lowest BCUT2D eigenvalue weighted by Crippen LogP contribution is -2.25. The van der Waals surface area contributed by atoms with E-state index >= 15 is 0 Å². The van der Waals surface area contributed by atoms with Crippen molar-refractivity contribution < 1.29 is 14.6 Å². The van der Waals surface area contributed by atoms with Crippen molar-refractivity contribution >= 4 is 17.6 Å². The standard InChI is InChI=1S/C14H12ClNO4/c1-2-20-11-7-8-16(13(17)12(11)14(18)19)10-5-3-9(15)4-6-10/h3-8H,2H2,1H3,(H,18,19). The van der Waals surface area contributed by atoms with E-state index in [0.717, 1.165) is 0 Å². The van der Waals surface area contributed by atoms with Gasteiger partial charge in [0.25, 0.3) is 5.56 Å². The third-order valence-corrected chi connectivity index (χ3v) is 2.92. The third kappa shape index (κ3) is 2.67. The van der Waals surface area contributed by atoms with Crippen LogP contribution >= 0.6 is 11.6 Å². The summed E-state index contributed by atoms with van der Waals surface area (Å²) in [7, 11) is 0. The van der Waals surface area contributed by atoms with Crippen LogP contribution < -0.4 is 10.3 Å². The van der Waals surface area contributed by atoms with Gasteiger partial charge in [0.05, 0.1) is 6.61 Å². The molecule has 0 atom stereocenters. The normalized spacial score (nSPS) is 10.3. The van der Waals surface area contributed by atoms with E-state index in [-0.39, 0.29) is 17.9 Å². The summed E-state index contributed by atoms with van der Waals surface area (Å²) in [4.78, 5) is 23.5. The minimum Gasteiger partial charge on any atom is -0.493 e. The van der Waals surface area contributed by atoms with Crippen molar-refractivity contribution in [2.45, 2.75) is 6.92 Å². The molecule has 2 rings (SSSR count). The van der Waals surface area contributed by atoms with E-state index in [1.54, 1.807) is 31.2 Å². The Morgan fingerprint density at radius 1 is 1.30 bits per heavy atom. The van der Waals surface area contributed by atoms with Crippen molar-refractivity contribution in [3.63, 3.8) is 0 Å². The number of aromatic carboxylic acids is 1. The molecule has 5 nitrogen and oxygen atoms in total. The smallest absolute Gasteiger partial charge is 0.345 e. The average Bonchev–Trinajstić information content (AvgIpc) is 2.40. The molecule has 0 radical (unpaired) electrons. The molecule has 1 aromatic heterocycles. The van der Waals surface area contributed by atoms with Gasteiger partial charge in [-0.15, -0.1) is 0 Å². The summed E-state index contributed by atoms with van der Waals surface area (Å²) in [5.74, 6) is -1.25. The predicted molar refractivity (Wildman–Crippen MR) is 75.2 cm³/mol. The number of hydrogen-bond donors (Lipinski definition) is 1. The Morgan fingerprint density at radius 3 is 2.50 bits per heavy atom. The van der Waals surface area contributed by atoms with Gasteiger partial charge in [0.15, 0.2) is 5.56 Å². The molecule has 0 saturated carbocycles. The summed E-state index contributed by atoms with van der Waals surface area (Å²) in [5, 5.41) is 9.71. The Labute approximate surface area is 120 Å². The van der Waals surface area contributed by atoms with Gasteiger partial charge in [0.1, 0.15) is 5.75 Å². The van der Waals surface area contributed by atoms with E-state index in [9.17, 15) is 14.7 Å². The molecule has 1 aromatic carbocycles. The Morgan fingerprint density at radius 2 is 1.95 bits per heavy atom. The SMILES string of the molecule is CCOc1ccn(-c2ccc(Cl)cc2)c(=O)c1C(=O)O. The summed E-state index contributed by atoms with van der Waals surface area (Å²) in [6, 6.07) is 7.98. The molecule has 0 amide bonds. The topological polar surface area (TPSA) is 68.5 Å². The first kappa shape index (κ1) is 14.1. The first-order valence-electron chi connectivity index (χ1n) is 5.92. The van der Waals surface area contributed by atoms with Crippen molar-refractivity contribution in [1.29, 1.82) is 0 Å². The van der Waals surface area contributed by atoms with E-state index < -0.39 is 11.5 Å². The van der Waals surface area contributed by atoms with Gasteiger partial charge in [-0.25, -0.2) is 4.79 Å². The van der Waals surface area contributed by atoms with E-state index in [4.69, 9.17) is 16.3 Å². The van der Waals surface area contributed by atoms with Gasteiger partial charge < -0.3 is 9.84 Å². The lowest BCUT2D eigenvalue weighted by Gasteiger charge is -2.11. The lowest BCUT2D eigenvalue weighted by molar-refractivity contribution is 0.0690. The van der Waals surface area contributed by atoms with Crippen LogP contribution in [0.5, 0.6) is 5.75 Å². The van der Waals surface area contributed by atoms with Crippen LogP contribution in [0.1, 0.15) is 17.3 Å². The number of carboxylic acids is 1. The number of pyridine rings is 1. The highest BCUT2D eigenvalue weighted by Gasteiger charge is 2.18. The monoisotopic (exact) mass is 293 g/mol. The van der Waals surface area contributed by atoms with Crippen LogP contribution in [-0.4, -0.2) is 22.2 Å². The minimum atomic E-state index is -1.32. The molecule has 6 heteroatoms. The quantitative estimate of drug-likeness (QED) is 0.941. The molecular formula is C14H12ClNO4. The summed E-state index contributed by atoms with van der Waals surface area (Å²) in [6.45, 7) is 2.00. The van der Waals surface area contributed by atoms with Crippen LogP contribution in [0.4, 0.5) is 0 Å². The molecule has 0 aliphatic rings. The van der Waals surface area contributed by atoms with Crippen molar-refractivity contribution in [1.82, 2.24) is 4.57 Å². The van der Waals surface area contributed by atoms with Crippen LogP contribution in [0.2, 0.25) is 5.02 Å². The van der Waals surface area contributed by atoms with Crippen LogP contribution in [0.15, 0.2) is 41.3 Å². The van der Waals surface area contributed by atoms with Crippen molar-refractivity contribution in [2.24, 2.45) is 0 Å². The molecule has 20 heavy (non-hydrogen) atoms. The summed E-state index contributed by atoms with van der Waals surface area (Å²) >= 11 is 5.79. The zero-order chi connectivity index (χ0) is 14.7. The molecule has 0 spiro atoms. The number of ether oxygens (including phenoxy) is 1. The fourth-order valence-corrected chi connectivity index (χ4v) is 1.92. The zero-order valence-corrected chi connectivity index (χ0v) is 11.4. The van der Waals surface area contributed by atoms with Crippen LogP contribution in [0.25, 0.3) is 5.69 Å². The predicted octanol–water partition coefficient (Wildman–Crippen LogP) is 2.59. The second-order valence-electron chi connectivity index (χ2n) is 3.94. The number of rotatable bonds is 4. The molecule has 104 valence electrons. The molecule has 0 aliphatic carbocycles. The number of aromatic nitrogens is 1. The largest absolute Gasteiger partial charge is 0.493 e. The van der Waals surface area contributed by atoms with E-state index in [0.29, 0.717) is 10.7 Å². The Bertz CT molecular complexity index is 691. The van der Waals surface area contributed by atoms with Gasteiger partial charge in [-0.2, -0.15) is 0 Å². The summed E-state index contributed by atoms with van der Waals surface area (Å²) in [6.07, 6.45) is 1.48. The van der Waals surface area contributed by atoms with Crippen LogP contribution in [-0.2, 0) is 0 Å². The van der Waals surface area contributed by atoms with Gasteiger partial charge in [0, 0.05) is 16.9 Å². The van der Waals surface area contributed by atoms with Crippen molar-refractivity contribution in [2.75, 3.05) is 6.61 Å². The van der Waals surface area contributed by atoms with E-state index in [1.807, 2.05) is 0 Å². The number of nitrogens with zero attached hydrogens (tertiary/aromatic N) is 1.